The van der Waals surface area contributed by atoms with E-state index < -0.39 is 0 Å². The highest BCUT2D eigenvalue weighted by molar-refractivity contribution is 7.16. The number of rotatable bonds is 4. The van der Waals surface area contributed by atoms with Crippen molar-refractivity contribution in [2.75, 3.05) is 0 Å². The Balaban J connectivity index is 1.40. The summed E-state index contributed by atoms with van der Waals surface area (Å²) >= 11 is 13.6. The largest absolute Gasteiger partial charge is 0.484 e. The SMILES string of the molecule is Clc1ccc(OCc2ccc(-c3nc4c5ccsc5ncn4n3)o2)c(Cl)c1. The van der Waals surface area contributed by atoms with Gasteiger partial charge in [0.05, 0.1) is 10.4 Å². The molecule has 4 heterocycles. The molecule has 27 heavy (non-hydrogen) atoms. The molecule has 9 heteroatoms. The third-order valence-electron chi connectivity index (χ3n) is 3.95. The molecule has 1 aromatic carbocycles. The average Bonchev–Trinajstić information content (AvgIpc) is 3.38. The summed E-state index contributed by atoms with van der Waals surface area (Å²) in [6.45, 7) is 0.227. The van der Waals surface area contributed by atoms with E-state index in [-0.39, 0.29) is 6.61 Å². The zero-order chi connectivity index (χ0) is 18.4. The molecule has 0 unspecified atom stereocenters. The Morgan fingerprint density at radius 1 is 1.15 bits per heavy atom. The number of nitrogens with zero attached hydrogens (tertiary/aromatic N) is 4. The molecule has 0 aliphatic carbocycles. The number of hydrogen-bond donors (Lipinski definition) is 0. The smallest absolute Gasteiger partial charge is 0.217 e. The molecule has 4 aromatic heterocycles. The van der Waals surface area contributed by atoms with Crippen LogP contribution in [0.25, 0.3) is 27.4 Å². The maximum Gasteiger partial charge on any atom is 0.217 e. The number of halogens is 2. The monoisotopic (exact) mass is 416 g/mol. The number of fused-ring (bicyclic) bond motifs is 3. The highest BCUT2D eigenvalue weighted by Crippen LogP contribution is 2.29. The molecule has 0 N–H and O–H groups in total. The van der Waals surface area contributed by atoms with E-state index in [1.54, 1.807) is 40.4 Å². The lowest BCUT2D eigenvalue weighted by atomic mass is 10.3. The highest BCUT2D eigenvalue weighted by atomic mass is 35.5. The van der Waals surface area contributed by atoms with Crippen molar-refractivity contribution >= 4 is 50.4 Å². The van der Waals surface area contributed by atoms with E-state index in [1.807, 2.05) is 23.6 Å². The molecule has 5 rings (SSSR count). The minimum Gasteiger partial charge on any atom is -0.484 e. The van der Waals surface area contributed by atoms with Crippen LogP contribution in [0, 0.1) is 0 Å². The van der Waals surface area contributed by atoms with Gasteiger partial charge in [0.25, 0.3) is 0 Å². The molecule has 0 amide bonds. The van der Waals surface area contributed by atoms with Crippen molar-refractivity contribution < 1.29 is 9.15 Å². The molecular formula is C18H10Cl2N4O2S. The van der Waals surface area contributed by atoms with Crippen molar-refractivity contribution in [2.24, 2.45) is 0 Å². The van der Waals surface area contributed by atoms with Gasteiger partial charge in [-0.15, -0.1) is 16.4 Å². The van der Waals surface area contributed by atoms with Crippen molar-refractivity contribution in [3.63, 3.8) is 0 Å². The van der Waals surface area contributed by atoms with Gasteiger partial charge in [0, 0.05) is 5.02 Å². The summed E-state index contributed by atoms with van der Waals surface area (Å²) in [5.74, 6) is 2.22. The number of hydrogen-bond acceptors (Lipinski definition) is 6. The molecule has 0 saturated carbocycles. The molecule has 0 aliphatic rings. The molecule has 0 fully saturated rings. The van der Waals surface area contributed by atoms with E-state index in [1.165, 1.54) is 0 Å². The van der Waals surface area contributed by atoms with Crippen LogP contribution in [0.5, 0.6) is 5.75 Å². The Bertz CT molecular complexity index is 1280. The van der Waals surface area contributed by atoms with Crippen LogP contribution in [0.2, 0.25) is 10.0 Å². The van der Waals surface area contributed by atoms with Crippen LogP contribution >= 0.6 is 34.5 Å². The molecule has 0 saturated heterocycles. The third-order valence-corrected chi connectivity index (χ3v) is 5.30. The van der Waals surface area contributed by atoms with Crippen LogP contribution < -0.4 is 4.74 Å². The third kappa shape index (κ3) is 3.03. The maximum atomic E-state index is 6.11. The molecule has 0 bridgehead atoms. The van der Waals surface area contributed by atoms with Gasteiger partial charge in [-0.3, -0.25) is 0 Å². The molecule has 5 aromatic rings. The molecule has 134 valence electrons. The number of ether oxygens (including phenoxy) is 1. The summed E-state index contributed by atoms with van der Waals surface area (Å²) in [5.41, 5.74) is 0.749. The second-order valence-corrected chi connectivity index (χ2v) is 7.46. The van der Waals surface area contributed by atoms with E-state index in [9.17, 15) is 0 Å². The zero-order valence-corrected chi connectivity index (χ0v) is 15.9. The first kappa shape index (κ1) is 16.6. The van der Waals surface area contributed by atoms with Crippen molar-refractivity contribution in [1.82, 2.24) is 19.6 Å². The fourth-order valence-corrected chi connectivity index (χ4v) is 3.88. The number of aromatic nitrogens is 4. The van der Waals surface area contributed by atoms with Crippen LogP contribution in [-0.2, 0) is 6.61 Å². The summed E-state index contributed by atoms with van der Waals surface area (Å²) in [6.07, 6.45) is 1.65. The van der Waals surface area contributed by atoms with E-state index in [4.69, 9.17) is 32.4 Å². The summed E-state index contributed by atoms with van der Waals surface area (Å²) < 4.78 is 13.2. The minimum atomic E-state index is 0.227. The standard InChI is InChI=1S/C18H10Cl2N4O2S/c19-10-1-3-14(13(20)7-10)25-8-11-2-4-15(26-11)16-22-17-12-5-6-27-18(12)21-9-24(17)23-16/h1-7,9H,8H2. The lowest BCUT2D eigenvalue weighted by Gasteiger charge is -2.06. The molecule has 0 aliphatic heterocycles. The summed E-state index contributed by atoms with van der Waals surface area (Å²) in [5, 5.41) is 8.40. The van der Waals surface area contributed by atoms with Gasteiger partial charge in [-0.05, 0) is 41.8 Å². The predicted molar refractivity (Wildman–Crippen MR) is 105 cm³/mol. The second-order valence-electron chi connectivity index (χ2n) is 5.72. The number of furan rings is 1. The average molecular weight is 417 g/mol. The lowest BCUT2D eigenvalue weighted by Crippen LogP contribution is -1.94. The Hall–Kier alpha value is -2.61. The van der Waals surface area contributed by atoms with Crippen LogP contribution in [0.1, 0.15) is 5.76 Å². The first-order valence-corrected chi connectivity index (χ1v) is 9.56. The quantitative estimate of drug-likeness (QED) is 0.387. The fourth-order valence-electron chi connectivity index (χ4n) is 2.69. The normalized spacial score (nSPS) is 11.5. The van der Waals surface area contributed by atoms with Crippen LogP contribution in [0.3, 0.4) is 0 Å². The summed E-state index contributed by atoms with van der Waals surface area (Å²) in [7, 11) is 0. The van der Waals surface area contributed by atoms with Gasteiger partial charge >= 0.3 is 0 Å². The molecule has 0 radical (unpaired) electrons. The maximum absolute atomic E-state index is 6.11. The van der Waals surface area contributed by atoms with Crippen LogP contribution in [0.4, 0.5) is 0 Å². The van der Waals surface area contributed by atoms with Crippen molar-refractivity contribution in [2.45, 2.75) is 6.61 Å². The Morgan fingerprint density at radius 2 is 2.07 bits per heavy atom. The van der Waals surface area contributed by atoms with E-state index in [2.05, 4.69) is 15.1 Å². The van der Waals surface area contributed by atoms with Crippen molar-refractivity contribution in [1.29, 1.82) is 0 Å². The number of thiophene rings is 1. The summed E-state index contributed by atoms with van der Waals surface area (Å²) in [6, 6.07) is 10.7. The molecule has 0 spiro atoms. The van der Waals surface area contributed by atoms with E-state index in [0.717, 1.165) is 15.9 Å². The molecule has 0 atom stereocenters. The first-order valence-electron chi connectivity index (χ1n) is 7.93. The highest BCUT2D eigenvalue weighted by Gasteiger charge is 2.14. The molecular weight excluding hydrogens is 407 g/mol. The Labute approximate surface area is 166 Å². The second kappa shape index (κ2) is 6.53. The first-order chi connectivity index (χ1) is 13.2. The lowest BCUT2D eigenvalue weighted by molar-refractivity contribution is 0.272. The van der Waals surface area contributed by atoms with Gasteiger partial charge < -0.3 is 9.15 Å². The minimum absolute atomic E-state index is 0.227. The molecule has 6 nitrogen and oxygen atoms in total. The Morgan fingerprint density at radius 3 is 2.96 bits per heavy atom. The Kier molecular flexibility index (Phi) is 4.00. The van der Waals surface area contributed by atoms with E-state index in [0.29, 0.717) is 33.1 Å². The zero-order valence-electron chi connectivity index (χ0n) is 13.6. The fraction of sp³-hybridized carbons (Fsp3) is 0.0556. The van der Waals surface area contributed by atoms with Gasteiger partial charge in [0.1, 0.15) is 29.3 Å². The predicted octanol–water partition coefficient (Wildman–Crippen LogP) is 5.48. The van der Waals surface area contributed by atoms with Gasteiger partial charge in [0.15, 0.2) is 11.4 Å². The summed E-state index contributed by atoms with van der Waals surface area (Å²) in [4.78, 5) is 9.88. The van der Waals surface area contributed by atoms with Crippen LogP contribution in [0.15, 0.2) is 52.5 Å². The van der Waals surface area contributed by atoms with Crippen molar-refractivity contribution in [3.05, 3.63) is 63.9 Å². The van der Waals surface area contributed by atoms with Gasteiger partial charge in [-0.1, -0.05) is 23.2 Å². The van der Waals surface area contributed by atoms with Gasteiger partial charge in [0.2, 0.25) is 5.82 Å². The number of benzene rings is 1. The van der Waals surface area contributed by atoms with E-state index >= 15 is 0 Å². The topological polar surface area (TPSA) is 65.5 Å². The van der Waals surface area contributed by atoms with Crippen LogP contribution in [-0.4, -0.2) is 19.6 Å². The van der Waals surface area contributed by atoms with Gasteiger partial charge in [-0.25, -0.2) is 14.5 Å². The van der Waals surface area contributed by atoms with Crippen molar-refractivity contribution in [3.8, 4) is 17.3 Å². The van der Waals surface area contributed by atoms with Gasteiger partial charge in [-0.2, -0.15) is 0 Å².